The second-order valence-electron chi connectivity index (χ2n) is 3.33. The molecule has 0 aliphatic rings. The van der Waals surface area contributed by atoms with Crippen LogP contribution in [0.5, 0.6) is 0 Å². The Labute approximate surface area is 93.9 Å². The fourth-order valence-electron chi connectivity index (χ4n) is 1.31. The van der Waals surface area contributed by atoms with E-state index in [2.05, 4.69) is 11.9 Å². The third-order valence-corrected chi connectivity index (χ3v) is 2.47. The van der Waals surface area contributed by atoms with Crippen LogP contribution < -0.4 is 11.1 Å². The molecule has 82 valence electrons. The van der Waals surface area contributed by atoms with Gasteiger partial charge in [0, 0.05) is 11.6 Å². The van der Waals surface area contributed by atoms with Crippen LogP contribution in [-0.2, 0) is 0 Å². The van der Waals surface area contributed by atoms with Crippen molar-refractivity contribution in [2.24, 2.45) is 5.73 Å². The predicted molar refractivity (Wildman–Crippen MR) is 61.4 cm³/mol. The maximum atomic E-state index is 12.8. The lowest BCUT2D eigenvalue weighted by molar-refractivity contribution is 0.626. The van der Waals surface area contributed by atoms with Crippen molar-refractivity contribution in [3.05, 3.63) is 46.8 Å². The maximum absolute atomic E-state index is 12.8. The molecular weight excluding hydrogens is 215 g/mol. The minimum Gasteiger partial charge on any atom is -0.320 e. The molecular formula is C11H14ClFN2. The van der Waals surface area contributed by atoms with E-state index in [0.717, 1.165) is 5.57 Å². The molecule has 0 aliphatic heterocycles. The first-order valence-corrected chi connectivity index (χ1v) is 4.97. The number of benzene rings is 1. The van der Waals surface area contributed by atoms with E-state index in [-0.39, 0.29) is 11.9 Å². The summed E-state index contributed by atoms with van der Waals surface area (Å²) in [6.45, 7) is 4.45. The Bertz CT molecular complexity index is 366. The summed E-state index contributed by atoms with van der Waals surface area (Å²) in [4.78, 5) is 0. The average molecular weight is 229 g/mol. The summed E-state index contributed by atoms with van der Waals surface area (Å²) >= 11 is 5.89. The van der Waals surface area contributed by atoms with Crippen molar-refractivity contribution in [3.8, 4) is 0 Å². The van der Waals surface area contributed by atoms with E-state index in [1.165, 1.54) is 12.1 Å². The van der Waals surface area contributed by atoms with Crippen molar-refractivity contribution in [3.63, 3.8) is 0 Å². The number of nitrogens with one attached hydrogen (secondary N) is 1. The first kappa shape index (κ1) is 12.2. The third-order valence-electron chi connectivity index (χ3n) is 2.14. The highest BCUT2D eigenvalue weighted by Crippen LogP contribution is 2.25. The first-order chi connectivity index (χ1) is 7.06. The normalized spacial score (nSPS) is 12.5. The van der Waals surface area contributed by atoms with E-state index in [1.807, 2.05) is 7.05 Å². The van der Waals surface area contributed by atoms with Crippen LogP contribution in [-0.4, -0.2) is 13.6 Å². The lowest BCUT2D eigenvalue weighted by Gasteiger charge is -2.16. The Balaban J connectivity index is 2.91. The molecule has 0 aromatic heterocycles. The van der Waals surface area contributed by atoms with Gasteiger partial charge in [-0.1, -0.05) is 24.2 Å². The molecule has 0 spiro atoms. The first-order valence-electron chi connectivity index (χ1n) is 4.59. The number of rotatable bonds is 4. The number of likely N-dealkylation sites (N-methyl/N-ethyl adjacent to an activating group) is 1. The fraction of sp³-hybridized carbons (Fsp3) is 0.273. The van der Waals surface area contributed by atoms with Crippen LogP contribution in [0, 0.1) is 5.82 Å². The fourth-order valence-corrected chi connectivity index (χ4v) is 1.60. The molecule has 1 unspecified atom stereocenters. The van der Waals surface area contributed by atoms with Gasteiger partial charge in [0.2, 0.25) is 0 Å². The highest BCUT2D eigenvalue weighted by atomic mass is 35.5. The second-order valence-corrected chi connectivity index (χ2v) is 3.74. The Hall–Kier alpha value is -0.900. The molecule has 0 saturated heterocycles. The van der Waals surface area contributed by atoms with Crippen molar-refractivity contribution in [1.29, 1.82) is 0 Å². The molecule has 0 radical (unpaired) electrons. The molecule has 0 saturated carbocycles. The predicted octanol–water partition coefficient (Wildman–Crippen LogP) is 2.25. The van der Waals surface area contributed by atoms with Gasteiger partial charge in [-0.15, -0.1) is 0 Å². The van der Waals surface area contributed by atoms with Gasteiger partial charge in [-0.2, -0.15) is 0 Å². The zero-order valence-corrected chi connectivity index (χ0v) is 9.31. The number of hydrogen-bond acceptors (Lipinski definition) is 2. The molecule has 0 amide bonds. The largest absolute Gasteiger partial charge is 0.320 e. The highest BCUT2D eigenvalue weighted by Gasteiger charge is 2.13. The van der Waals surface area contributed by atoms with E-state index in [4.69, 9.17) is 17.3 Å². The van der Waals surface area contributed by atoms with E-state index < -0.39 is 0 Å². The topological polar surface area (TPSA) is 38.0 Å². The highest BCUT2D eigenvalue weighted by molar-refractivity contribution is 6.31. The van der Waals surface area contributed by atoms with Crippen molar-refractivity contribution >= 4 is 11.6 Å². The van der Waals surface area contributed by atoms with Crippen LogP contribution in [0.2, 0.25) is 5.02 Å². The monoisotopic (exact) mass is 228 g/mol. The zero-order chi connectivity index (χ0) is 11.4. The minimum absolute atomic E-state index is 0.333. The standard InChI is InChI=1S/C11H14ClFN2/c1-7(6-15-2)11(14)9-4-3-8(13)5-10(9)12/h3-5,11,15H,1,6,14H2,2H3. The van der Waals surface area contributed by atoms with E-state index in [1.54, 1.807) is 6.07 Å². The molecule has 1 aromatic carbocycles. The van der Waals surface area contributed by atoms with Crippen LogP contribution in [0.3, 0.4) is 0 Å². The van der Waals surface area contributed by atoms with Gasteiger partial charge in [0.05, 0.1) is 6.04 Å². The zero-order valence-electron chi connectivity index (χ0n) is 8.56. The summed E-state index contributed by atoms with van der Waals surface area (Å²) in [7, 11) is 1.81. The van der Waals surface area contributed by atoms with E-state index in [0.29, 0.717) is 17.1 Å². The lowest BCUT2D eigenvalue weighted by Crippen LogP contribution is -2.21. The summed E-state index contributed by atoms with van der Waals surface area (Å²) in [5, 5.41) is 3.29. The van der Waals surface area contributed by atoms with Gasteiger partial charge in [-0.05, 0) is 30.3 Å². The Morgan fingerprint density at radius 1 is 1.67 bits per heavy atom. The number of halogens is 2. The summed E-state index contributed by atoms with van der Waals surface area (Å²) < 4.78 is 12.8. The minimum atomic E-state index is -0.370. The lowest BCUT2D eigenvalue weighted by atomic mass is 10.0. The van der Waals surface area contributed by atoms with Gasteiger partial charge in [-0.3, -0.25) is 0 Å². The van der Waals surface area contributed by atoms with Gasteiger partial charge < -0.3 is 11.1 Å². The van der Waals surface area contributed by atoms with Crippen molar-refractivity contribution in [1.82, 2.24) is 5.32 Å². The molecule has 1 atom stereocenters. The quantitative estimate of drug-likeness (QED) is 0.776. The summed E-state index contributed by atoms with van der Waals surface area (Å²) in [6.07, 6.45) is 0. The van der Waals surface area contributed by atoms with Gasteiger partial charge in [0.15, 0.2) is 0 Å². The Morgan fingerprint density at radius 2 is 2.33 bits per heavy atom. The number of hydrogen-bond donors (Lipinski definition) is 2. The molecule has 0 bridgehead atoms. The number of nitrogens with two attached hydrogens (primary N) is 1. The van der Waals surface area contributed by atoms with Crippen molar-refractivity contribution in [2.75, 3.05) is 13.6 Å². The smallest absolute Gasteiger partial charge is 0.124 e. The van der Waals surface area contributed by atoms with Gasteiger partial charge in [0.1, 0.15) is 5.82 Å². The Morgan fingerprint density at radius 3 is 2.87 bits per heavy atom. The van der Waals surface area contributed by atoms with E-state index in [9.17, 15) is 4.39 Å². The maximum Gasteiger partial charge on any atom is 0.124 e. The van der Waals surface area contributed by atoms with Crippen LogP contribution >= 0.6 is 11.6 Å². The van der Waals surface area contributed by atoms with Crippen LogP contribution in [0.25, 0.3) is 0 Å². The molecule has 1 rings (SSSR count). The molecule has 3 N–H and O–H groups in total. The SMILES string of the molecule is C=C(CNC)C(N)c1ccc(F)cc1Cl. The van der Waals surface area contributed by atoms with Gasteiger partial charge >= 0.3 is 0 Å². The third kappa shape index (κ3) is 3.02. The van der Waals surface area contributed by atoms with Crippen molar-refractivity contribution in [2.45, 2.75) is 6.04 Å². The molecule has 15 heavy (non-hydrogen) atoms. The van der Waals surface area contributed by atoms with Crippen LogP contribution in [0.4, 0.5) is 4.39 Å². The average Bonchev–Trinajstić information content (AvgIpc) is 2.17. The van der Waals surface area contributed by atoms with Gasteiger partial charge in [-0.25, -0.2) is 4.39 Å². The molecule has 0 fully saturated rings. The van der Waals surface area contributed by atoms with Gasteiger partial charge in [0.25, 0.3) is 0 Å². The summed E-state index contributed by atoms with van der Waals surface area (Å²) in [6, 6.07) is 3.81. The van der Waals surface area contributed by atoms with E-state index >= 15 is 0 Å². The molecule has 2 nitrogen and oxygen atoms in total. The molecule has 0 aliphatic carbocycles. The Kier molecular flexibility index (Phi) is 4.27. The summed E-state index contributed by atoms with van der Waals surface area (Å²) in [5.74, 6) is -0.366. The van der Waals surface area contributed by atoms with Crippen LogP contribution in [0.1, 0.15) is 11.6 Å². The second kappa shape index (κ2) is 5.26. The molecule has 1 aromatic rings. The molecule has 0 heterocycles. The summed E-state index contributed by atoms with van der Waals surface area (Å²) in [5.41, 5.74) is 7.43. The van der Waals surface area contributed by atoms with Crippen molar-refractivity contribution < 1.29 is 4.39 Å². The molecule has 4 heteroatoms. The van der Waals surface area contributed by atoms with Crippen LogP contribution in [0.15, 0.2) is 30.4 Å².